The minimum atomic E-state index is 0. The number of hydrogen-bond donors (Lipinski definition) is 2. The summed E-state index contributed by atoms with van der Waals surface area (Å²) in [7, 11) is 0. The first-order valence-electron chi connectivity index (χ1n) is 8.09. The highest BCUT2D eigenvalue weighted by atomic mass is 35.5. The summed E-state index contributed by atoms with van der Waals surface area (Å²) in [5.74, 6) is 0.0469. The van der Waals surface area contributed by atoms with Gasteiger partial charge < -0.3 is 20.1 Å². The Kier molecular flexibility index (Phi) is 7.30. The van der Waals surface area contributed by atoms with Crippen LogP contribution < -0.4 is 10.6 Å². The number of nitrogens with one attached hydrogen (secondary N) is 2. The lowest BCUT2D eigenvalue weighted by atomic mass is 10.1. The number of ether oxygens (including phenoxy) is 2. The zero-order valence-corrected chi connectivity index (χ0v) is 14.1. The molecule has 23 heavy (non-hydrogen) atoms. The predicted molar refractivity (Wildman–Crippen MR) is 90.5 cm³/mol. The molecule has 0 bridgehead atoms. The average molecular weight is 341 g/mol. The van der Waals surface area contributed by atoms with Crippen molar-refractivity contribution in [1.29, 1.82) is 0 Å². The summed E-state index contributed by atoms with van der Waals surface area (Å²) in [5.41, 5.74) is 3.86. The summed E-state index contributed by atoms with van der Waals surface area (Å²) >= 11 is 0. The first kappa shape index (κ1) is 18.2. The topological polar surface area (TPSA) is 59.6 Å². The van der Waals surface area contributed by atoms with Crippen LogP contribution in [-0.2, 0) is 33.9 Å². The van der Waals surface area contributed by atoms with Crippen molar-refractivity contribution >= 4 is 18.3 Å². The predicted octanol–water partition coefficient (Wildman–Crippen LogP) is 1.91. The van der Waals surface area contributed by atoms with Crippen LogP contribution in [0.3, 0.4) is 0 Å². The van der Waals surface area contributed by atoms with Gasteiger partial charge in [-0.1, -0.05) is 18.2 Å². The highest BCUT2D eigenvalue weighted by Crippen LogP contribution is 2.17. The summed E-state index contributed by atoms with van der Waals surface area (Å²) in [6, 6.07) is 6.41. The molecule has 0 saturated carbocycles. The van der Waals surface area contributed by atoms with Crippen molar-refractivity contribution in [3.63, 3.8) is 0 Å². The molecule has 2 aliphatic rings. The van der Waals surface area contributed by atoms with Crippen LogP contribution in [0.5, 0.6) is 0 Å². The molecule has 0 atom stereocenters. The lowest BCUT2D eigenvalue weighted by molar-refractivity contribution is -0.123. The maximum absolute atomic E-state index is 11.9. The number of halogens is 1. The number of amides is 1. The monoisotopic (exact) mass is 340 g/mol. The average Bonchev–Trinajstić information content (AvgIpc) is 3.01. The van der Waals surface area contributed by atoms with E-state index in [0.29, 0.717) is 19.6 Å². The molecule has 1 aromatic carbocycles. The molecule has 0 unspecified atom stereocenters. The van der Waals surface area contributed by atoms with E-state index in [1.54, 1.807) is 0 Å². The number of hydrogen-bond acceptors (Lipinski definition) is 4. The Labute approximate surface area is 143 Å². The third-order valence-electron chi connectivity index (χ3n) is 4.24. The smallest absolute Gasteiger partial charge is 0.222 e. The molecule has 0 radical (unpaired) electrons. The molecule has 2 N–H and O–H groups in total. The molecule has 1 saturated heterocycles. The van der Waals surface area contributed by atoms with Gasteiger partial charge in [0.1, 0.15) is 0 Å². The second kappa shape index (κ2) is 9.23. The van der Waals surface area contributed by atoms with E-state index in [1.807, 2.05) is 0 Å². The number of carbonyl (C=O) groups excluding carboxylic acids is 1. The molecule has 2 aliphatic heterocycles. The summed E-state index contributed by atoms with van der Waals surface area (Å²) in [4.78, 5) is 11.9. The van der Waals surface area contributed by atoms with Gasteiger partial charge >= 0.3 is 0 Å². The van der Waals surface area contributed by atoms with E-state index in [2.05, 4.69) is 28.8 Å². The number of carbonyl (C=O) groups is 1. The van der Waals surface area contributed by atoms with E-state index in [9.17, 15) is 4.79 Å². The van der Waals surface area contributed by atoms with Gasteiger partial charge in [0.25, 0.3) is 0 Å². The summed E-state index contributed by atoms with van der Waals surface area (Å²) in [5, 5.41) is 6.29. The standard InChI is InChI=1S/C17H24N2O3.ClH/c20-17(5-8-22-16-3-6-21-7-4-16)19-10-13-1-2-14-11-18-12-15(14)9-13;/h1-2,9,16,18H,3-8,10-12H2,(H,19,20);1H. The summed E-state index contributed by atoms with van der Waals surface area (Å²) < 4.78 is 11.0. The van der Waals surface area contributed by atoms with Crippen LogP contribution in [0.2, 0.25) is 0 Å². The maximum atomic E-state index is 11.9. The molecule has 1 aromatic rings. The van der Waals surface area contributed by atoms with Crippen molar-refractivity contribution in [3.05, 3.63) is 34.9 Å². The second-order valence-corrected chi connectivity index (χ2v) is 5.92. The van der Waals surface area contributed by atoms with Crippen molar-refractivity contribution in [2.75, 3.05) is 19.8 Å². The van der Waals surface area contributed by atoms with Crippen LogP contribution in [0.15, 0.2) is 18.2 Å². The fourth-order valence-electron chi connectivity index (χ4n) is 2.91. The normalized spacial score (nSPS) is 17.4. The largest absolute Gasteiger partial charge is 0.381 e. The Balaban J connectivity index is 0.00000192. The fourth-order valence-corrected chi connectivity index (χ4v) is 2.91. The Morgan fingerprint density at radius 2 is 2.04 bits per heavy atom. The van der Waals surface area contributed by atoms with Gasteiger partial charge in [-0.3, -0.25) is 4.79 Å². The molecule has 1 amide bonds. The Morgan fingerprint density at radius 3 is 2.87 bits per heavy atom. The molecular formula is C17H25ClN2O3. The molecule has 0 aromatic heterocycles. The Hall–Kier alpha value is -1.14. The van der Waals surface area contributed by atoms with Gasteiger partial charge in [-0.25, -0.2) is 0 Å². The van der Waals surface area contributed by atoms with E-state index >= 15 is 0 Å². The quantitative estimate of drug-likeness (QED) is 0.830. The molecule has 0 aliphatic carbocycles. The van der Waals surface area contributed by atoms with E-state index < -0.39 is 0 Å². The van der Waals surface area contributed by atoms with E-state index in [4.69, 9.17) is 9.47 Å². The van der Waals surface area contributed by atoms with Crippen molar-refractivity contribution in [1.82, 2.24) is 10.6 Å². The molecular weight excluding hydrogens is 316 g/mol. The van der Waals surface area contributed by atoms with Gasteiger partial charge in [-0.15, -0.1) is 12.4 Å². The van der Waals surface area contributed by atoms with Gasteiger partial charge in [0.05, 0.1) is 12.7 Å². The third-order valence-corrected chi connectivity index (χ3v) is 4.24. The highest BCUT2D eigenvalue weighted by Gasteiger charge is 2.14. The lowest BCUT2D eigenvalue weighted by Gasteiger charge is -2.22. The zero-order valence-electron chi connectivity index (χ0n) is 13.3. The van der Waals surface area contributed by atoms with Crippen LogP contribution in [0.1, 0.15) is 36.0 Å². The fraction of sp³-hybridized carbons (Fsp3) is 0.588. The van der Waals surface area contributed by atoms with E-state index in [1.165, 1.54) is 11.1 Å². The third kappa shape index (κ3) is 5.46. The number of benzene rings is 1. The van der Waals surface area contributed by atoms with Gasteiger partial charge in [0.15, 0.2) is 0 Å². The minimum absolute atomic E-state index is 0. The molecule has 3 rings (SSSR count). The molecule has 5 nitrogen and oxygen atoms in total. The molecule has 2 heterocycles. The maximum Gasteiger partial charge on any atom is 0.222 e. The zero-order chi connectivity index (χ0) is 15.2. The summed E-state index contributed by atoms with van der Waals surface area (Å²) in [6.45, 7) is 4.49. The van der Waals surface area contributed by atoms with Crippen LogP contribution in [0.4, 0.5) is 0 Å². The Bertz CT molecular complexity index is 519. The van der Waals surface area contributed by atoms with E-state index in [0.717, 1.165) is 44.7 Å². The number of rotatable bonds is 6. The van der Waals surface area contributed by atoms with Crippen LogP contribution in [-0.4, -0.2) is 31.8 Å². The van der Waals surface area contributed by atoms with E-state index in [-0.39, 0.29) is 24.4 Å². The van der Waals surface area contributed by atoms with Crippen LogP contribution in [0, 0.1) is 0 Å². The van der Waals surface area contributed by atoms with Crippen molar-refractivity contribution in [3.8, 4) is 0 Å². The Morgan fingerprint density at radius 1 is 1.26 bits per heavy atom. The minimum Gasteiger partial charge on any atom is -0.381 e. The highest BCUT2D eigenvalue weighted by molar-refractivity contribution is 5.85. The second-order valence-electron chi connectivity index (χ2n) is 5.92. The number of fused-ring (bicyclic) bond motifs is 1. The first-order chi connectivity index (χ1) is 10.8. The molecule has 6 heteroatoms. The van der Waals surface area contributed by atoms with Gasteiger partial charge in [-0.05, 0) is 29.5 Å². The first-order valence-corrected chi connectivity index (χ1v) is 8.09. The van der Waals surface area contributed by atoms with Crippen molar-refractivity contribution < 1.29 is 14.3 Å². The SMILES string of the molecule is Cl.O=C(CCOC1CCOCC1)NCc1ccc2c(c1)CNC2. The van der Waals surface area contributed by atoms with Crippen molar-refractivity contribution in [2.45, 2.75) is 45.0 Å². The summed E-state index contributed by atoms with van der Waals surface area (Å²) in [6.07, 6.45) is 2.55. The molecule has 0 spiro atoms. The van der Waals surface area contributed by atoms with Gasteiger partial charge in [0, 0.05) is 39.3 Å². The van der Waals surface area contributed by atoms with Crippen LogP contribution >= 0.6 is 12.4 Å². The van der Waals surface area contributed by atoms with Crippen LogP contribution in [0.25, 0.3) is 0 Å². The van der Waals surface area contributed by atoms with Gasteiger partial charge in [-0.2, -0.15) is 0 Å². The lowest BCUT2D eigenvalue weighted by Crippen LogP contribution is -2.27. The molecule has 128 valence electrons. The molecule has 1 fully saturated rings. The van der Waals surface area contributed by atoms with Gasteiger partial charge in [0.2, 0.25) is 5.91 Å². The van der Waals surface area contributed by atoms with Crippen molar-refractivity contribution in [2.24, 2.45) is 0 Å².